The third kappa shape index (κ3) is 3.04. The summed E-state index contributed by atoms with van der Waals surface area (Å²) >= 11 is 5.56. The fourth-order valence-electron chi connectivity index (χ4n) is 0.991. The Morgan fingerprint density at radius 1 is 1.43 bits per heavy atom. The van der Waals surface area contributed by atoms with Crippen molar-refractivity contribution in [2.75, 3.05) is 0 Å². The molecule has 14 heavy (non-hydrogen) atoms. The van der Waals surface area contributed by atoms with Crippen LogP contribution in [0.1, 0.15) is 19.4 Å². The van der Waals surface area contributed by atoms with Gasteiger partial charge in [-0.15, -0.1) is 11.6 Å². The lowest BCUT2D eigenvalue weighted by atomic mass is 10.2. The molecule has 1 atom stereocenters. The van der Waals surface area contributed by atoms with Crippen LogP contribution in [0.2, 0.25) is 0 Å². The number of hydrogen-bond acceptors (Lipinski definition) is 2. The first-order valence-electron chi connectivity index (χ1n) is 4.58. The summed E-state index contributed by atoms with van der Waals surface area (Å²) < 4.78 is 5.00. The Balaban J connectivity index is 2.64. The van der Waals surface area contributed by atoms with E-state index in [0.29, 0.717) is 5.75 Å². The number of alkyl halides is 1. The molecule has 1 aromatic rings. The summed E-state index contributed by atoms with van der Waals surface area (Å²) in [5, 5.41) is -0.610. The molecule has 0 aliphatic heterocycles. The monoisotopic (exact) mass is 212 g/mol. The molecular weight excluding hydrogens is 200 g/mol. The van der Waals surface area contributed by atoms with Gasteiger partial charge in [-0.25, -0.2) is 0 Å². The van der Waals surface area contributed by atoms with Crippen LogP contribution in [0.25, 0.3) is 0 Å². The number of benzene rings is 1. The summed E-state index contributed by atoms with van der Waals surface area (Å²) in [5.74, 6) is 0.121. The van der Waals surface area contributed by atoms with Crippen molar-refractivity contribution >= 4 is 17.6 Å². The van der Waals surface area contributed by atoms with Crippen LogP contribution in [0.5, 0.6) is 5.75 Å². The van der Waals surface area contributed by atoms with Crippen LogP contribution in [0.15, 0.2) is 24.3 Å². The van der Waals surface area contributed by atoms with E-state index < -0.39 is 11.3 Å². The van der Waals surface area contributed by atoms with E-state index in [1.54, 1.807) is 19.1 Å². The van der Waals surface area contributed by atoms with Crippen molar-refractivity contribution in [2.24, 2.45) is 0 Å². The molecule has 0 radical (unpaired) electrons. The van der Waals surface area contributed by atoms with E-state index in [9.17, 15) is 4.79 Å². The molecule has 3 heteroatoms. The van der Waals surface area contributed by atoms with Crippen molar-refractivity contribution in [3.63, 3.8) is 0 Å². The minimum atomic E-state index is -0.610. The van der Waals surface area contributed by atoms with E-state index in [0.717, 1.165) is 6.42 Å². The van der Waals surface area contributed by atoms with Crippen LogP contribution in [-0.2, 0) is 11.2 Å². The molecule has 0 bridgehead atoms. The highest BCUT2D eigenvalue weighted by Gasteiger charge is 2.11. The van der Waals surface area contributed by atoms with Gasteiger partial charge in [-0.3, -0.25) is 4.79 Å². The van der Waals surface area contributed by atoms with E-state index in [1.807, 2.05) is 12.1 Å². The van der Waals surface area contributed by atoms with Crippen molar-refractivity contribution < 1.29 is 9.53 Å². The van der Waals surface area contributed by atoms with Gasteiger partial charge in [0.05, 0.1) is 0 Å². The molecule has 0 aromatic heterocycles. The van der Waals surface area contributed by atoms with Crippen LogP contribution >= 0.6 is 11.6 Å². The number of rotatable bonds is 3. The zero-order chi connectivity index (χ0) is 10.6. The summed E-state index contributed by atoms with van der Waals surface area (Å²) in [6.07, 6.45) is 0.972. The molecule has 1 unspecified atom stereocenters. The highest BCUT2D eigenvalue weighted by atomic mass is 35.5. The summed E-state index contributed by atoms with van der Waals surface area (Å²) in [7, 11) is 0. The Kier molecular flexibility index (Phi) is 3.96. The fourth-order valence-corrected chi connectivity index (χ4v) is 1.04. The molecule has 0 aliphatic carbocycles. The summed E-state index contributed by atoms with van der Waals surface area (Å²) in [5.41, 5.74) is 1.21. The second-order valence-corrected chi connectivity index (χ2v) is 3.69. The molecule has 0 saturated carbocycles. The maximum atomic E-state index is 11.1. The smallest absolute Gasteiger partial charge is 0.329 e. The van der Waals surface area contributed by atoms with Crippen LogP contribution < -0.4 is 4.74 Å². The number of hydrogen-bond donors (Lipinski definition) is 0. The highest BCUT2D eigenvalue weighted by Crippen LogP contribution is 2.13. The lowest BCUT2D eigenvalue weighted by Gasteiger charge is -2.05. The summed E-state index contributed by atoms with van der Waals surface area (Å²) in [6, 6.07) is 7.41. The van der Waals surface area contributed by atoms with Crippen molar-refractivity contribution in [3.8, 4) is 5.75 Å². The molecule has 0 heterocycles. The second kappa shape index (κ2) is 5.01. The van der Waals surface area contributed by atoms with E-state index in [-0.39, 0.29) is 0 Å². The maximum absolute atomic E-state index is 11.1. The predicted molar refractivity (Wildman–Crippen MR) is 56.8 cm³/mol. The molecule has 2 nitrogen and oxygen atoms in total. The zero-order valence-electron chi connectivity index (χ0n) is 8.29. The molecule has 76 valence electrons. The van der Waals surface area contributed by atoms with Crippen LogP contribution in [0, 0.1) is 0 Å². The van der Waals surface area contributed by atoms with Gasteiger partial charge in [0.15, 0.2) is 0 Å². The van der Waals surface area contributed by atoms with E-state index in [1.165, 1.54) is 5.56 Å². The molecule has 1 aromatic carbocycles. The Morgan fingerprint density at radius 2 is 2.00 bits per heavy atom. The summed E-state index contributed by atoms with van der Waals surface area (Å²) in [6.45, 7) is 3.66. The van der Waals surface area contributed by atoms with Crippen molar-refractivity contribution in [1.29, 1.82) is 0 Å². The van der Waals surface area contributed by atoms with E-state index in [4.69, 9.17) is 16.3 Å². The first kappa shape index (κ1) is 11.1. The lowest BCUT2D eigenvalue weighted by molar-refractivity contribution is -0.133. The average molecular weight is 213 g/mol. The van der Waals surface area contributed by atoms with Gasteiger partial charge >= 0.3 is 5.97 Å². The Hall–Kier alpha value is -1.02. The number of esters is 1. The van der Waals surface area contributed by atoms with E-state index >= 15 is 0 Å². The quantitative estimate of drug-likeness (QED) is 0.438. The van der Waals surface area contributed by atoms with Crippen LogP contribution in [0.3, 0.4) is 0 Å². The summed E-state index contributed by atoms with van der Waals surface area (Å²) in [4.78, 5) is 11.1. The maximum Gasteiger partial charge on any atom is 0.329 e. The standard InChI is InChI=1S/C11H13ClO2/c1-3-9-4-6-10(7-5-9)14-11(13)8(2)12/h4-8H,3H2,1-2H3. The largest absolute Gasteiger partial charge is 0.425 e. The number of aryl methyl sites for hydroxylation is 1. The van der Waals surface area contributed by atoms with Gasteiger partial charge in [-0.2, -0.15) is 0 Å². The van der Waals surface area contributed by atoms with Gasteiger partial charge in [0.2, 0.25) is 0 Å². The molecule has 0 N–H and O–H groups in total. The fraction of sp³-hybridized carbons (Fsp3) is 0.364. The zero-order valence-corrected chi connectivity index (χ0v) is 9.04. The normalized spacial score (nSPS) is 12.2. The minimum absolute atomic E-state index is 0.420. The van der Waals surface area contributed by atoms with Gasteiger partial charge in [0.25, 0.3) is 0 Å². The Labute approximate surface area is 88.8 Å². The molecular formula is C11H13ClO2. The van der Waals surface area contributed by atoms with Crippen molar-refractivity contribution in [2.45, 2.75) is 25.6 Å². The SMILES string of the molecule is CCc1ccc(OC(=O)C(C)Cl)cc1. The first-order valence-corrected chi connectivity index (χ1v) is 5.02. The number of carbonyl (C=O) groups excluding carboxylic acids is 1. The third-order valence-corrected chi connectivity index (χ3v) is 2.05. The second-order valence-electron chi connectivity index (χ2n) is 3.03. The van der Waals surface area contributed by atoms with Crippen molar-refractivity contribution in [1.82, 2.24) is 0 Å². The van der Waals surface area contributed by atoms with E-state index in [2.05, 4.69) is 6.92 Å². The van der Waals surface area contributed by atoms with Crippen molar-refractivity contribution in [3.05, 3.63) is 29.8 Å². The number of ether oxygens (including phenoxy) is 1. The van der Waals surface area contributed by atoms with Gasteiger partial charge in [-0.1, -0.05) is 19.1 Å². The Morgan fingerprint density at radius 3 is 2.43 bits per heavy atom. The van der Waals surface area contributed by atoms with Gasteiger partial charge in [-0.05, 0) is 31.0 Å². The third-order valence-electron chi connectivity index (χ3n) is 1.87. The molecule has 0 saturated heterocycles. The number of carbonyl (C=O) groups is 1. The minimum Gasteiger partial charge on any atom is -0.425 e. The molecule has 0 aliphatic rings. The Bertz CT molecular complexity index is 304. The first-order chi connectivity index (χ1) is 6.63. The number of halogens is 1. The lowest BCUT2D eigenvalue weighted by Crippen LogP contribution is -2.17. The average Bonchev–Trinajstić information content (AvgIpc) is 2.19. The topological polar surface area (TPSA) is 26.3 Å². The van der Waals surface area contributed by atoms with Crippen LogP contribution in [-0.4, -0.2) is 11.3 Å². The van der Waals surface area contributed by atoms with Gasteiger partial charge in [0, 0.05) is 0 Å². The molecule has 1 rings (SSSR count). The van der Waals surface area contributed by atoms with Gasteiger partial charge < -0.3 is 4.74 Å². The highest BCUT2D eigenvalue weighted by molar-refractivity contribution is 6.29. The van der Waals surface area contributed by atoms with Crippen LogP contribution in [0.4, 0.5) is 0 Å². The van der Waals surface area contributed by atoms with Gasteiger partial charge in [0.1, 0.15) is 11.1 Å². The molecule has 0 spiro atoms. The molecule has 0 amide bonds. The molecule has 0 fully saturated rings. The predicted octanol–water partition coefficient (Wildman–Crippen LogP) is 2.78.